The summed E-state index contributed by atoms with van der Waals surface area (Å²) in [5, 5.41) is 2.77. The first-order valence-electron chi connectivity index (χ1n) is 7.82. The second-order valence-electron chi connectivity index (χ2n) is 5.59. The molecular formula is C17H21N3O2S. The summed E-state index contributed by atoms with van der Waals surface area (Å²) >= 11 is 1.51. The third kappa shape index (κ3) is 3.38. The summed E-state index contributed by atoms with van der Waals surface area (Å²) in [7, 11) is 1.65. The lowest BCUT2D eigenvalue weighted by Crippen LogP contribution is -2.30. The van der Waals surface area contributed by atoms with Crippen molar-refractivity contribution in [1.82, 2.24) is 9.88 Å². The molecule has 1 aromatic heterocycles. The zero-order valence-corrected chi connectivity index (χ0v) is 14.0. The van der Waals surface area contributed by atoms with Crippen LogP contribution in [0, 0.1) is 0 Å². The van der Waals surface area contributed by atoms with Gasteiger partial charge in [-0.25, -0.2) is 4.98 Å². The summed E-state index contributed by atoms with van der Waals surface area (Å²) in [6.45, 7) is 1.33. The Hall–Kier alpha value is -1.92. The molecule has 1 saturated heterocycles. The lowest BCUT2D eigenvalue weighted by molar-refractivity contribution is 0.0730. The Morgan fingerprint density at radius 2 is 2.22 bits per heavy atom. The van der Waals surface area contributed by atoms with Crippen LogP contribution in [-0.4, -0.2) is 36.0 Å². The Balaban J connectivity index is 1.78. The van der Waals surface area contributed by atoms with E-state index >= 15 is 0 Å². The maximum Gasteiger partial charge on any atom is 0.273 e. The van der Waals surface area contributed by atoms with Crippen molar-refractivity contribution in [2.24, 2.45) is 5.73 Å². The zero-order chi connectivity index (χ0) is 16.2. The third-order valence-electron chi connectivity index (χ3n) is 4.14. The van der Waals surface area contributed by atoms with Gasteiger partial charge in [-0.2, -0.15) is 0 Å². The molecule has 1 atom stereocenters. The van der Waals surface area contributed by atoms with Crippen molar-refractivity contribution in [3.63, 3.8) is 0 Å². The van der Waals surface area contributed by atoms with Crippen molar-refractivity contribution in [1.29, 1.82) is 0 Å². The maximum atomic E-state index is 12.8. The first-order chi connectivity index (χ1) is 11.2. The second-order valence-corrected chi connectivity index (χ2v) is 6.54. The van der Waals surface area contributed by atoms with Gasteiger partial charge >= 0.3 is 0 Å². The molecule has 0 aliphatic carbocycles. The van der Waals surface area contributed by atoms with Crippen LogP contribution >= 0.6 is 11.3 Å². The summed E-state index contributed by atoms with van der Waals surface area (Å²) in [5.41, 5.74) is 7.24. The smallest absolute Gasteiger partial charge is 0.273 e. The van der Waals surface area contributed by atoms with E-state index in [2.05, 4.69) is 4.98 Å². The molecule has 0 spiro atoms. The van der Waals surface area contributed by atoms with Gasteiger partial charge in [0.25, 0.3) is 5.91 Å². The molecule has 6 heteroatoms. The van der Waals surface area contributed by atoms with E-state index in [0.29, 0.717) is 12.2 Å². The number of carbonyl (C=O) groups excluding carboxylic acids is 1. The molecule has 0 radical (unpaired) electrons. The van der Waals surface area contributed by atoms with Gasteiger partial charge in [-0.3, -0.25) is 4.79 Å². The minimum Gasteiger partial charge on any atom is -0.497 e. The van der Waals surface area contributed by atoms with Gasteiger partial charge in [0.2, 0.25) is 0 Å². The first kappa shape index (κ1) is 16.0. The van der Waals surface area contributed by atoms with E-state index in [1.165, 1.54) is 11.3 Å². The normalized spacial score (nSPS) is 17.5. The fraction of sp³-hybridized carbons (Fsp3) is 0.412. The Bertz CT molecular complexity index is 669. The number of ether oxygens (including phenoxy) is 1. The van der Waals surface area contributed by atoms with Gasteiger partial charge in [-0.15, -0.1) is 11.3 Å². The lowest BCUT2D eigenvalue weighted by atomic mass is 10.0. The molecular weight excluding hydrogens is 310 g/mol. The van der Waals surface area contributed by atoms with E-state index in [4.69, 9.17) is 10.5 Å². The molecule has 3 rings (SSSR count). The van der Waals surface area contributed by atoms with E-state index in [-0.39, 0.29) is 11.9 Å². The number of methoxy groups -OCH3 is 1. The molecule has 1 unspecified atom stereocenters. The Kier molecular flexibility index (Phi) is 4.93. The number of nitrogens with zero attached hydrogens (tertiary/aromatic N) is 2. The highest BCUT2D eigenvalue weighted by Gasteiger charge is 2.31. The van der Waals surface area contributed by atoms with E-state index in [1.807, 2.05) is 34.5 Å². The van der Waals surface area contributed by atoms with Crippen LogP contribution < -0.4 is 10.5 Å². The molecule has 2 heterocycles. The van der Waals surface area contributed by atoms with Gasteiger partial charge in [0.1, 0.15) is 11.4 Å². The number of benzene rings is 1. The van der Waals surface area contributed by atoms with Crippen molar-refractivity contribution in [2.45, 2.75) is 25.3 Å². The highest BCUT2D eigenvalue weighted by atomic mass is 32.1. The molecule has 2 aromatic rings. The molecule has 1 fully saturated rings. The lowest BCUT2D eigenvalue weighted by Gasteiger charge is -2.24. The predicted octanol–water partition coefficient (Wildman–Crippen LogP) is 2.63. The molecule has 1 aliphatic heterocycles. The molecule has 2 N–H and O–H groups in total. The van der Waals surface area contributed by atoms with Crippen molar-refractivity contribution in [2.75, 3.05) is 20.2 Å². The fourth-order valence-corrected chi connectivity index (χ4v) is 3.76. The minimum atomic E-state index is 0.0165. The van der Waals surface area contributed by atoms with Gasteiger partial charge in [0.05, 0.1) is 18.2 Å². The molecule has 122 valence electrons. The van der Waals surface area contributed by atoms with E-state index in [1.54, 1.807) is 7.11 Å². The number of carbonyl (C=O) groups is 1. The SMILES string of the molecule is COc1ccc(C2CCCN2C(=O)c2csc(CCN)n2)cc1. The minimum absolute atomic E-state index is 0.0165. The monoisotopic (exact) mass is 331 g/mol. The quantitative estimate of drug-likeness (QED) is 0.914. The number of hydrogen-bond acceptors (Lipinski definition) is 5. The Morgan fingerprint density at radius 3 is 2.91 bits per heavy atom. The van der Waals surface area contributed by atoms with Crippen molar-refractivity contribution in [3.05, 3.63) is 45.9 Å². The van der Waals surface area contributed by atoms with Crippen molar-refractivity contribution >= 4 is 17.2 Å². The Morgan fingerprint density at radius 1 is 1.43 bits per heavy atom. The average molecular weight is 331 g/mol. The Labute approximate surface area is 140 Å². The second kappa shape index (κ2) is 7.10. The maximum absolute atomic E-state index is 12.8. The molecule has 1 aliphatic rings. The molecule has 1 aromatic carbocycles. The van der Waals surface area contributed by atoms with Gasteiger partial charge in [0.15, 0.2) is 0 Å². The predicted molar refractivity (Wildman–Crippen MR) is 90.9 cm³/mol. The number of amides is 1. The number of thiazole rings is 1. The van der Waals surface area contributed by atoms with Gasteiger partial charge in [-0.1, -0.05) is 12.1 Å². The molecule has 0 saturated carbocycles. The molecule has 0 bridgehead atoms. The van der Waals surface area contributed by atoms with Gasteiger partial charge in [0, 0.05) is 18.3 Å². The van der Waals surface area contributed by atoms with Crippen LogP contribution in [0.15, 0.2) is 29.6 Å². The fourth-order valence-electron chi connectivity index (χ4n) is 2.98. The highest BCUT2D eigenvalue weighted by molar-refractivity contribution is 7.09. The van der Waals surface area contributed by atoms with E-state index in [9.17, 15) is 4.79 Å². The molecule has 1 amide bonds. The molecule has 23 heavy (non-hydrogen) atoms. The number of aromatic nitrogens is 1. The van der Waals surface area contributed by atoms with E-state index < -0.39 is 0 Å². The van der Waals surface area contributed by atoms with Crippen LogP contribution in [-0.2, 0) is 6.42 Å². The van der Waals surface area contributed by atoms with Crippen molar-refractivity contribution in [3.8, 4) is 5.75 Å². The summed E-state index contributed by atoms with van der Waals surface area (Å²) in [6, 6.07) is 8.08. The van der Waals surface area contributed by atoms with Gasteiger partial charge < -0.3 is 15.4 Å². The van der Waals surface area contributed by atoms with E-state index in [0.717, 1.165) is 42.1 Å². The van der Waals surface area contributed by atoms with Gasteiger partial charge in [-0.05, 0) is 37.1 Å². The number of hydrogen-bond donors (Lipinski definition) is 1. The number of nitrogens with two attached hydrogens (primary N) is 1. The van der Waals surface area contributed by atoms with Crippen LogP contribution in [0.1, 0.15) is 39.9 Å². The van der Waals surface area contributed by atoms with Crippen LogP contribution in [0.4, 0.5) is 0 Å². The van der Waals surface area contributed by atoms with Crippen LogP contribution in [0.25, 0.3) is 0 Å². The number of rotatable bonds is 5. The zero-order valence-electron chi connectivity index (χ0n) is 13.2. The first-order valence-corrected chi connectivity index (χ1v) is 8.70. The standard InChI is InChI=1S/C17H21N3O2S/c1-22-13-6-4-12(5-7-13)15-3-2-10-20(15)17(21)14-11-23-16(19-14)8-9-18/h4-7,11,15H,2-3,8-10,18H2,1H3. The summed E-state index contributed by atoms with van der Waals surface area (Å²) < 4.78 is 5.20. The van der Waals surface area contributed by atoms with Crippen LogP contribution in [0.2, 0.25) is 0 Å². The van der Waals surface area contributed by atoms with Crippen LogP contribution in [0.5, 0.6) is 5.75 Å². The van der Waals surface area contributed by atoms with Crippen LogP contribution in [0.3, 0.4) is 0 Å². The largest absolute Gasteiger partial charge is 0.497 e. The van der Waals surface area contributed by atoms with Crippen molar-refractivity contribution < 1.29 is 9.53 Å². The highest BCUT2D eigenvalue weighted by Crippen LogP contribution is 2.34. The summed E-state index contributed by atoms with van der Waals surface area (Å²) in [6.07, 6.45) is 2.72. The summed E-state index contributed by atoms with van der Waals surface area (Å²) in [4.78, 5) is 19.1. The molecule has 5 nitrogen and oxygen atoms in total. The summed E-state index contributed by atoms with van der Waals surface area (Å²) in [5.74, 6) is 0.846. The average Bonchev–Trinajstić information content (AvgIpc) is 3.24. The topological polar surface area (TPSA) is 68.5 Å². The number of likely N-dealkylation sites (tertiary alicyclic amines) is 1. The third-order valence-corrected chi connectivity index (χ3v) is 5.05.